The third kappa shape index (κ3) is 5.56. The Morgan fingerprint density at radius 3 is 2.49 bits per heavy atom. The number of carbonyl (C=O) groups excluding carboxylic acids is 3. The first-order valence-corrected chi connectivity index (χ1v) is 17.5. The van der Waals surface area contributed by atoms with Crippen molar-refractivity contribution < 1.29 is 29.5 Å². The molecule has 3 amide bonds. The average molecular weight is 709 g/mol. The average Bonchev–Trinajstić information content (AvgIpc) is 3.58. The van der Waals surface area contributed by atoms with Crippen LogP contribution in [0.5, 0.6) is 0 Å². The maximum absolute atomic E-state index is 14.3. The number of benzene rings is 5. The van der Waals surface area contributed by atoms with Crippen LogP contribution in [0.15, 0.2) is 115 Å². The smallest absolute Gasteiger partial charge is 0.269 e. The largest absolute Gasteiger partial charge is 0.394 e. The minimum atomic E-state index is -2.17. The number of rotatable bonds is 9. The van der Waals surface area contributed by atoms with Gasteiger partial charge in [-0.25, -0.2) is 0 Å². The minimum Gasteiger partial charge on any atom is -0.394 e. The highest BCUT2D eigenvalue weighted by Gasteiger charge is 2.53. The molecule has 0 unspecified atom stereocenters. The molecule has 0 aliphatic carbocycles. The van der Waals surface area contributed by atoms with Crippen LogP contribution in [-0.2, 0) is 34.7 Å². The molecule has 3 atom stereocenters. The number of nitro groups is 1. The highest BCUT2D eigenvalue weighted by Crippen LogP contribution is 2.48. The Balaban J connectivity index is 1.06. The summed E-state index contributed by atoms with van der Waals surface area (Å²) in [6.07, 6.45) is 3.70. The van der Waals surface area contributed by atoms with Crippen LogP contribution in [0.25, 0.3) is 10.8 Å². The first-order valence-electron chi connectivity index (χ1n) is 17.5. The zero-order valence-corrected chi connectivity index (χ0v) is 28.9. The summed E-state index contributed by atoms with van der Waals surface area (Å²) in [4.78, 5) is 57.3. The van der Waals surface area contributed by atoms with Crippen LogP contribution in [0.2, 0.25) is 0 Å². The molecule has 0 bridgehead atoms. The number of nitrogens with zero attached hydrogens (tertiary/aromatic N) is 4. The second-order valence-electron chi connectivity index (χ2n) is 13.9. The van der Waals surface area contributed by atoms with Gasteiger partial charge in [-0.2, -0.15) is 0 Å². The molecule has 266 valence electrons. The number of nitro benzene ring substituents is 1. The van der Waals surface area contributed by atoms with Gasteiger partial charge in [0.25, 0.3) is 17.5 Å². The lowest BCUT2D eigenvalue weighted by Gasteiger charge is -2.36. The van der Waals surface area contributed by atoms with E-state index in [-0.39, 0.29) is 48.7 Å². The van der Waals surface area contributed by atoms with Crippen molar-refractivity contribution in [1.82, 2.24) is 4.90 Å². The van der Waals surface area contributed by atoms with Crippen LogP contribution in [0.4, 0.5) is 22.7 Å². The predicted octanol–water partition coefficient (Wildman–Crippen LogP) is 6.30. The molecule has 3 aliphatic heterocycles. The van der Waals surface area contributed by atoms with Gasteiger partial charge in [-0.15, -0.1) is 0 Å². The third-order valence-corrected chi connectivity index (χ3v) is 10.8. The molecule has 0 radical (unpaired) electrons. The van der Waals surface area contributed by atoms with Crippen LogP contribution in [0.3, 0.4) is 0 Å². The number of anilines is 3. The van der Waals surface area contributed by atoms with Gasteiger partial charge in [-0.05, 0) is 58.8 Å². The fourth-order valence-corrected chi connectivity index (χ4v) is 8.03. The topological polar surface area (TPSA) is 145 Å². The highest BCUT2D eigenvalue weighted by atomic mass is 16.6. The van der Waals surface area contributed by atoms with Crippen LogP contribution >= 0.6 is 0 Å². The van der Waals surface area contributed by atoms with Crippen molar-refractivity contribution in [2.75, 3.05) is 16.4 Å². The van der Waals surface area contributed by atoms with E-state index in [9.17, 15) is 34.7 Å². The van der Waals surface area contributed by atoms with Gasteiger partial charge in [0.15, 0.2) is 5.60 Å². The number of aliphatic hydroxyl groups excluding tert-OH is 1. The molecule has 5 aromatic carbocycles. The lowest BCUT2D eigenvalue weighted by molar-refractivity contribution is -0.385. The molecule has 8 rings (SSSR count). The van der Waals surface area contributed by atoms with E-state index in [1.165, 1.54) is 23.1 Å². The Morgan fingerprint density at radius 1 is 0.962 bits per heavy atom. The molecule has 11 heteroatoms. The third-order valence-electron chi connectivity index (χ3n) is 10.8. The Bertz CT molecular complexity index is 2370. The first-order chi connectivity index (χ1) is 25.6. The number of fused-ring (bicyclic) bond motifs is 2. The van der Waals surface area contributed by atoms with Crippen molar-refractivity contribution in [3.8, 4) is 0 Å². The van der Waals surface area contributed by atoms with E-state index in [1.807, 2.05) is 78.9 Å². The number of hydrogen-bond donors (Lipinski definition) is 2. The standard InChI is InChI=1S/C42H36N4O7/c1-26(8-4-17-38(48)43-24-30-11-3-2-10-29(30)21-33(43)25-47)42(51)35-22-32(46(52)53)18-19-36(35)44(41(42)50)23-27-9-5-14-31(20-27)45-37-16-7-13-28-12-6-15-34(39(28)37)40(45)49/h2-16,18-20,22,26,33,47,51H,17,21,23-25H2,1H3/b8-4+/t26-,33+,42+/m1/s1. The van der Waals surface area contributed by atoms with Crippen molar-refractivity contribution >= 4 is 51.2 Å². The quantitative estimate of drug-likeness (QED) is 0.104. The lowest BCUT2D eigenvalue weighted by Crippen LogP contribution is -2.46. The molecule has 3 aliphatic rings. The second kappa shape index (κ2) is 13.1. The molecule has 0 aromatic heterocycles. The number of hydrogen-bond acceptors (Lipinski definition) is 7. The SMILES string of the molecule is C[C@H](/C=C/CC(=O)N1Cc2ccccc2C[C@H]1CO)[C@@]1(O)C(=O)N(Cc2cccc(N3C(=O)c4cccc5cccc3c45)c2)c2ccc([N+](=O)[O-])cc21. The van der Waals surface area contributed by atoms with Gasteiger partial charge in [0.1, 0.15) is 0 Å². The molecule has 0 spiro atoms. The van der Waals surface area contributed by atoms with Crippen LogP contribution in [0.1, 0.15) is 46.0 Å². The highest BCUT2D eigenvalue weighted by molar-refractivity contribution is 6.27. The lowest BCUT2D eigenvalue weighted by atomic mass is 9.82. The summed E-state index contributed by atoms with van der Waals surface area (Å²) >= 11 is 0. The molecule has 0 saturated heterocycles. The van der Waals surface area contributed by atoms with Gasteiger partial charge in [0.05, 0.1) is 41.1 Å². The van der Waals surface area contributed by atoms with Crippen LogP contribution in [0, 0.1) is 16.0 Å². The van der Waals surface area contributed by atoms with E-state index < -0.39 is 22.3 Å². The van der Waals surface area contributed by atoms with Crippen molar-refractivity contribution in [2.24, 2.45) is 5.92 Å². The number of aliphatic hydroxyl groups is 2. The van der Waals surface area contributed by atoms with Gasteiger partial charge in [0, 0.05) is 47.7 Å². The van der Waals surface area contributed by atoms with Crippen molar-refractivity contribution in [3.05, 3.63) is 153 Å². The molecule has 5 aromatic rings. The number of carbonyl (C=O) groups is 3. The maximum Gasteiger partial charge on any atom is 0.269 e. The van der Waals surface area contributed by atoms with Crippen LogP contribution in [-0.4, -0.2) is 50.4 Å². The van der Waals surface area contributed by atoms with E-state index in [0.29, 0.717) is 35.5 Å². The van der Waals surface area contributed by atoms with E-state index in [0.717, 1.165) is 27.6 Å². The van der Waals surface area contributed by atoms with E-state index in [4.69, 9.17) is 0 Å². The second-order valence-corrected chi connectivity index (χ2v) is 13.9. The summed E-state index contributed by atoms with van der Waals surface area (Å²) in [6.45, 7) is 1.85. The van der Waals surface area contributed by atoms with Crippen molar-refractivity contribution in [2.45, 2.75) is 44.5 Å². The fraction of sp³-hybridized carbons (Fsp3) is 0.214. The minimum absolute atomic E-state index is 0.0207. The zero-order chi connectivity index (χ0) is 37.0. The van der Waals surface area contributed by atoms with Gasteiger partial charge < -0.3 is 20.0 Å². The number of non-ortho nitro benzene ring substituents is 1. The summed E-state index contributed by atoms with van der Waals surface area (Å²) in [7, 11) is 0. The van der Waals surface area contributed by atoms with E-state index in [2.05, 4.69) is 0 Å². The fourth-order valence-electron chi connectivity index (χ4n) is 8.03. The molecule has 0 saturated carbocycles. The first kappa shape index (κ1) is 33.9. The van der Waals surface area contributed by atoms with Crippen LogP contribution < -0.4 is 9.80 Å². The number of amides is 3. The monoisotopic (exact) mass is 708 g/mol. The van der Waals surface area contributed by atoms with E-state index in [1.54, 1.807) is 34.9 Å². The Labute approximate surface area is 305 Å². The summed E-state index contributed by atoms with van der Waals surface area (Å²) in [5.41, 5.74) is 2.77. The van der Waals surface area contributed by atoms with Gasteiger partial charge >= 0.3 is 0 Å². The Morgan fingerprint density at radius 2 is 1.72 bits per heavy atom. The van der Waals surface area contributed by atoms with Crippen molar-refractivity contribution in [1.29, 1.82) is 0 Å². The molecule has 0 fully saturated rings. The predicted molar refractivity (Wildman–Crippen MR) is 200 cm³/mol. The van der Waals surface area contributed by atoms with Gasteiger partial charge in [0.2, 0.25) is 5.91 Å². The molecular weight excluding hydrogens is 672 g/mol. The molecule has 2 N–H and O–H groups in total. The summed E-state index contributed by atoms with van der Waals surface area (Å²) in [5, 5.41) is 35.9. The van der Waals surface area contributed by atoms with Gasteiger partial charge in [-0.1, -0.05) is 79.7 Å². The summed E-state index contributed by atoms with van der Waals surface area (Å²) in [6, 6.07) is 30.1. The molecule has 53 heavy (non-hydrogen) atoms. The summed E-state index contributed by atoms with van der Waals surface area (Å²) < 4.78 is 0. The van der Waals surface area contributed by atoms with Crippen molar-refractivity contribution in [3.63, 3.8) is 0 Å². The normalized spacial score (nSPS) is 19.6. The Kier molecular flexibility index (Phi) is 8.39. The zero-order valence-electron chi connectivity index (χ0n) is 28.9. The molecular formula is C42H36N4O7. The molecule has 11 nitrogen and oxygen atoms in total. The Hall–Kier alpha value is -6.17. The van der Waals surface area contributed by atoms with E-state index >= 15 is 0 Å². The maximum atomic E-state index is 14.3. The summed E-state index contributed by atoms with van der Waals surface area (Å²) in [5.74, 6) is -1.91. The van der Waals surface area contributed by atoms with Gasteiger partial charge in [-0.3, -0.25) is 29.4 Å². The molecule has 3 heterocycles.